The smallest absolute Gasteiger partial charge is 0.0159 e. The molecule has 82 valence electrons. The van der Waals surface area contributed by atoms with Gasteiger partial charge in [-0.25, -0.2) is 0 Å². The minimum atomic E-state index is 0.336. The van der Waals surface area contributed by atoms with Gasteiger partial charge < -0.3 is 5.32 Å². The van der Waals surface area contributed by atoms with Gasteiger partial charge in [0.1, 0.15) is 0 Å². The van der Waals surface area contributed by atoms with Crippen molar-refractivity contribution in [1.82, 2.24) is 5.32 Å². The van der Waals surface area contributed by atoms with Gasteiger partial charge in [-0.15, -0.1) is 0 Å². The fraction of sp³-hybridized carbons (Fsp3) is 0.571. The Morgan fingerprint density at radius 3 is 2.60 bits per heavy atom. The van der Waals surface area contributed by atoms with Gasteiger partial charge in [-0.2, -0.15) is 0 Å². The molecule has 1 aliphatic rings. The highest BCUT2D eigenvalue weighted by molar-refractivity contribution is 5.31. The summed E-state index contributed by atoms with van der Waals surface area (Å²) >= 11 is 0. The highest BCUT2D eigenvalue weighted by Crippen LogP contribution is 2.36. The summed E-state index contributed by atoms with van der Waals surface area (Å²) in [6, 6.07) is 9.69. The van der Waals surface area contributed by atoms with E-state index in [1.165, 1.54) is 24.0 Å². The quantitative estimate of drug-likeness (QED) is 0.779. The monoisotopic (exact) mass is 203 g/mol. The first kappa shape index (κ1) is 10.7. The minimum absolute atomic E-state index is 0.336. The van der Waals surface area contributed by atoms with Crippen molar-refractivity contribution in [2.75, 3.05) is 6.54 Å². The number of hydrogen-bond donors (Lipinski definition) is 1. The van der Waals surface area contributed by atoms with Crippen LogP contribution in [-0.2, 0) is 5.41 Å². The minimum Gasteiger partial charge on any atom is -0.313 e. The second-order valence-corrected chi connectivity index (χ2v) is 4.95. The molecule has 2 atom stereocenters. The van der Waals surface area contributed by atoms with Crippen molar-refractivity contribution in [3.8, 4) is 0 Å². The first-order valence-corrected chi connectivity index (χ1v) is 5.97. The molecule has 0 amide bonds. The standard InChI is InChI=1S/C14H21N/c1-4-13-14(3,9-10-15-13)12-7-5-11(2)6-8-12/h5-8,13,15H,4,9-10H2,1-3H3. The summed E-state index contributed by atoms with van der Waals surface area (Å²) < 4.78 is 0. The summed E-state index contributed by atoms with van der Waals surface area (Å²) in [6.45, 7) is 7.97. The summed E-state index contributed by atoms with van der Waals surface area (Å²) in [4.78, 5) is 0. The third-order valence-electron chi connectivity index (χ3n) is 3.92. The van der Waals surface area contributed by atoms with Crippen molar-refractivity contribution in [3.05, 3.63) is 35.4 Å². The van der Waals surface area contributed by atoms with E-state index in [9.17, 15) is 0 Å². The molecule has 2 rings (SSSR count). The van der Waals surface area contributed by atoms with E-state index >= 15 is 0 Å². The molecule has 1 saturated heterocycles. The van der Waals surface area contributed by atoms with Gasteiger partial charge in [0.2, 0.25) is 0 Å². The van der Waals surface area contributed by atoms with E-state index in [1.54, 1.807) is 0 Å². The molecular formula is C14H21N. The Bertz CT molecular complexity index is 328. The number of nitrogens with one attached hydrogen (secondary N) is 1. The maximum atomic E-state index is 3.61. The summed E-state index contributed by atoms with van der Waals surface area (Å²) in [7, 11) is 0. The van der Waals surface area contributed by atoms with E-state index in [0.717, 1.165) is 6.54 Å². The predicted molar refractivity (Wildman–Crippen MR) is 65.2 cm³/mol. The third-order valence-corrected chi connectivity index (χ3v) is 3.92. The van der Waals surface area contributed by atoms with Crippen LogP contribution in [0.2, 0.25) is 0 Å². The summed E-state index contributed by atoms with van der Waals surface area (Å²) in [5.74, 6) is 0. The SMILES string of the molecule is CCC1NCCC1(C)c1ccc(C)cc1. The van der Waals surface area contributed by atoms with Crippen molar-refractivity contribution >= 4 is 0 Å². The van der Waals surface area contributed by atoms with Gasteiger partial charge in [-0.3, -0.25) is 0 Å². The van der Waals surface area contributed by atoms with Crippen LogP contribution in [0.4, 0.5) is 0 Å². The number of aryl methyl sites for hydroxylation is 1. The average molecular weight is 203 g/mol. The molecule has 1 fully saturated rings. The van der Waals surface area contributed by atoms with Crippen molar-refractivity contribution in [1.29, 1.82) is 0 Å². The molecule has 15 heavy (non-hydrogen) atoms. The van der Waals surface area contributed by atoms with Crippen LogP contribution in [0.1, 0.15) is 37.8 Å². The molecule has 1 heteroatoms. The van der Waals surface area contributed by atoms with E-state index in [1.807, 2.05) is 0 Å². The molecule has 1 aromatic rings. The lowest BCUT2D eigenvalue weighted by atomic mass is 9.75. The van der Waals surface area contributed by atoms with Gasteiger partial charge in [0.25, 0.3) is 0 Å². The molecule has 0 aliphatic carbocycles. The van der Waals surface area contributed by atoms with Crippen LogP contribution < -0.4 is 5.32 Å². The predicted octanol–water partition coefficient (Wildman–Crippen LogP) is 3.02. The zero-order chi connectivity index (χ0) is 10.9. The lowest BCUT2D eigenvalue weighted by Crippen LogP contribution is -2.37. The van der Waals surface area contributed by atoms with E-state index in [0.29, 0.717) is 11.5 Å². The first-order chi connectivity index (χ1) is 7.16. The highest BCUT2D eigenvalue weighted by Gasteiger charge is 2.38. The Morgan fingerprint density at radius 2 is 2.00 bits per heavy atom. The molecule has 2 unspecified atom stereocenters. The van der Waals surface area contributed by atoms with Crippen LogP contribution in [0.3, 0.4) is 0 Å². The van der Waals surface area contributed by atoms with Gasteiger partial charge in [-0.1, -0.05) is 43.7 Å². The topological polar surface area (TPSA) is 12.0 Å². The van der Waals surface area contributed by atoms with E-state index in [2.05, 4.69) is 50.4 Å². The van der Waals surface area contributed by atoms with Gasteiger partial charge in [-0.05, 0) is 31.9 Å². The second kappa shape index (κ2) is 3.97. The zero-order valence-electron chi connectivity index (χ0n) is 10.0. The number of hydrogen-bond acceptors (Lipinski definition) is 1. The summed E-state index contributed by atoms with van der Waals surface area (Å²) in [5.41, 5.74) is 3.17. The van der Waals surface area contributed by atoms with Crippen molar-refractivity contribution < 1.29 is 0 Å². The van der Waals surface area contributed by atoms with Crippen LogP contribution in [0.25, 0.3) is 0 Å². The van der Waals surface area contributed by atoms with Crippen molar-refractivity contribution in [2.24, 2.45) is 0 Å². The Balaban J connectivity index is 2.32. The van der Waals surface area contributed by atoms with Crippen molar-refractivity contribution in [2.45, 2.75) is 45.1 Å². The summed E-state index contributed by atoms with van der Waals surface area (Å²) in [6.07, 6.45) is 2.47. The van der Waals surface area contributed by atoms with Crippen LogP contribution in [-0.4, -0.2) is 12.6 Å². The Hall–Kier alpha value is -0.820. The molecule has 1 aromatic carbocycles. The van der Waals surface area contributed by atoms with Gasteiger partial charge >= 0.3 is 0 Å². The molecule has 1 N–H and O–H groups in total. The molecule has 0 radical (unpaired) electrons. The normalized spacial score (nSPS) is 30.7. The zero-order valence-corrected chi connectivity index (χ0v) is 10.0. The third kappa shape index (κ3) is 1.81. The second-order valence-electron chi connectivity index (χ2n) is 4.95. The molecule has 0 saturated carbocycles. The van der Waals surface area contributed by atoms with Crippen molar-refractivity contribution in [3.63, 3.8) is 0 Å². The molecule has 0 aromatic heterocycles. The van der Waals surface area contributed by atoms with Crippen LogP contribution in [0.5, 0.6) is 0 Å². The number of benzene rings is 1. The molecule has 1 heterocycles. The molecule has 0 spiro atoms. The van der Waals surface area contributed by atoms with Crippen LogP contribution >= 0.6 is 0 Å². The maximum absolute atomic E-state index is 3.61. The fourth-order valence-electron chi connectivity index (χ4n) is 2.78. The van der Waals surface area contributed by atoms with Gasteiger partial charge in [0, 0.05) is 11.5 Å². The average Bonchev–Trinajstić information content (AvgIpc) is 2.61. The first-order valence-electron chi connectivity index (χ1n) is 5.97. The Kier molecular flexibility index (Phi) is 2.83. The molecular weight excluding hydrogens is 182 g/mol. The lowest BCUT2D eigenvalue weighted by molar-refractivity contribution is 0.393. The Morgan fingerprint density at radius 1 is 1.33 bits per heavy atom. The molecule has 0 bridgehead atoms. The Labute approximate surface area is 92.9 Å². The van der Waals surface area contributed by atoms with E-state index in [4.69, 9.17) is 0 Å². The maximum Gasteiger partial charge on any atom is 0.0159 e. The van der Waals surface area contributed by atoms with Crippen LogP contribution in [0, 0.1) is 6.92 Å². The highest BCUT2D eigenvalue weighted by atomic mass is 15.0. The molecule has 1 nitrogen and oxygen atoms in total. The molecule has 1 aliphatic heterocycles. The largest absolute Gasteiger partial charge is 0.313 e. The number of rotatable bonds is 2. The van der Waals surface area contributed by atoms with Crippen LogP contribution in [0.15, 0.2) is 24.3 Å². The van der Waals surface area contributed by atoms with Gasteiger partial charge in [0.05, 0.1) is 0 Å². The lowest BCUT2D eigenvalue weighted by Gasteiger charge is -2.31. The van der Waals surface area contributed by atoms with E-state index < -0.39 is 0 Å². The van der Waals surface area contributed by atoms with E-state index in [-0.39, 0.29) is 0 Å². The fourth-order valence-corrected chi connectivity index (χ4v) is 2.78. The summed E-state index contributed by atoms with van der Waals surface area (Å²) in [5, 5.41) is 3.61. The van der Waals surface area contributed by atoms with Gasteiger partial charge in [0.15, 0.2) is 0 Å².